The van der Waals surface area contributed by atoms with Gasteiger partial charge in [-0.05, 0) is 35.4 Å². The van der Waals surface area contributed by atoms with Crippen molar-refractivity contribution < 1.29 is 9.53 Å². The van der Waals surface area contributed by atoms with Gasteiger partial charge in [0.05, 0.1) is 6.54 Å². The number of nitrogens with one attached hydrogen (secondary N) is 2. The van der Waals surface area contributed by atoms with E-state index >= 15 is 0 Å². The second kappa shape index (κ2) is 8.66. The molecule has 0 heterocycles. The number of hydrogen-bond donors (Lipinski definition) is 2. The fourth-order valence-electron chi connectivity index (χ4n) is 1.92. The molecule has 1 aromatic rings. The van der Waals surface area contributed by atoms with Crippen LogP contribution < -0.4 is 15.4 Å². The van der Waals surface area contributed by atoms with Crippen LogP contribution in [-0.4, -0.2) is 25.7 Å². The largest absolute Gasteiger partial charge is 0.492 e. The van der Waals surface area contributed by atoms with Crippen LogP contribution in [0.25, 0.3) is 0 Å². The Balaban J connectivity index is 2.20. The lowest BCUT2D eigenvalue weighted by atomic mass is 9.87. The number of carbonyl (C=O) groups is 1. The number of amides is 2. The third kappa shape index (κ3) is 7.34. The van der Waals surface area contributed by atoms with Gasteiger partial charge in [0, 0.05) is 6.54 Å². The highest BCUT2D eigenvalue weighted by molar-refractivity contribution is 5.73. The lowest BCUT2D eigenvalue weighted by Crippen LogP contribution is -2.38. The van der Waals surface area contributed by atoms with Crippen LogP contribution in [0.3, 0.4) is 0 Å². The van der Waals surface area contributed by atoms with Gasteiger partial charge in [0.25, 0.3) is 0 Å². The molecule has 0 aliphatic rings. The van der Waals surface area contributed by atoms with Crippen LogP contribution >= 0.6 is 0 Å². The summed E-state index contributed by atoms with van der Waals surface area (Å²) in [6.45, 7) is 12.5. The van der Waals surface area contributed by atoms with Crippen molar-refractivity contribution in [2.75, 3.05) is 19.7 Å². The molecule has 0 fully saturated rings. The quantitative estimate of drug-likeness (QED) is 0.755. The third-order valence-electron chi connectivity index (χ3n) is 3.38. The predicted molar refractivity (Wildman–Crippen MR) is 91.5 cm³/mol. The SMILES string of the molecule is CC(C)CCNC(=O)NCCOc1ccc(C(C)(C)C)cc1. The summed E-state index contributed by atoms with van der Waals surface area (Å²) in [4.78, 5) is 11.5. The van der Waals surface area contributed by atoms with Gasteiger partial charge in [-0.1, -0.05) is 46.8 Å². The molecule has 0 saturated carbocycles. The fraction of sp³-hybridized carbons (Fsp3) is 0.611. The molecule has 2 N–H and O–H groups in total. The molecule has 124 valence electrons. The van der Waals surface area contributed by atoms with E-state index in [1.807, 2.05) is 12.1 Å². The fourth-order valence-corrected chi connectivity index (χ4v) is 1.92. The van der Waals surface area contributed by atoms with E-state index in [1.54, 1.807) is 0 Å². The number of hydrogen-bond acceptors (Lipinski definition) is 2. The molecule has 4 nitrogen and oxygen atoms in total. The molecule has 4 heteroatoms. The number of benzene rings is 1. The van der Waals surface area contributed by atoms with Crippen molar-refractivity contribution in [1.29, 1.82) is 0 Å². The summed E-state index contributed by atoms with van der Waals surface area (Å²) in [7, 11) is 0. The van der Waals surface area contributed by atoms with Crippen LogP contribution in [0.15, 0.2) is 24.3 Å². The van der Waals surface area contributed by atoms with Crippen molar-refractivity contribution in [2.24, 2.45) is 5.92 Å². The van der Waals surface area contributed by atoms with Crippen LogP contribution in [0, 0.1) is 5.92 Å². The van der Waals surface area contributed by atoms with Gasteiger partial charge in [-0.25, -0.2) is 4.79 Å². The van der Waals surface area contributed by atoms with Crippen molar-refractivity contribution in [2.45, 2.75) is 46.5 Å². The highest BCUT2D eigenvalue weighted by atomic mass is 16.5. The Morgan fingerprint density at radius 2 is 1.68 bits per heavy atom. The Bertz CT molecular complexity index is 447. The average Bonchev–Trinajstić information content (AvgIpc) is 2.43. The second-order valence-corrected chi connectivity index (χ2v) is 6.99. The van der Waals surface area contributed by atoms with Crippen molar-refractivity contribution in [3.8, 4) is 5.75 Å². The molecule has 2 amide bonds. The molecule has 0 unspecified atom stereocenters. The molecule has 0 bridgehead atoms. The lowest BCUT2D eigenvalue weighted by molar-refractivity contribution is 0.236. The monoisotopic (exact) mass is 306 g/mol. The first-order chi connectivity index (χ1) is 10.3. The Morgan fingerprint density at radius 3 is 2.23 bits per heavy atom. The lowest BCUT2D eigenvalue weighted by Gasteiger charge is -2.19. The zero-order valence-electron chi connectivity index (χ0n) is 14.5. The number of urea groups is 1. The van der Waals surface area contributed by atoms with E-state index < -0.39 is 0 Å². The van der Waals surface area contributed by atoms with Crippen molar-refractivity contribution in [1.82, 2.24) is 10.6 Å². The first-order valence-corrected chi connectivity index (χ1v) is 8.04. The average molecular weight is 306 g/mol. The zero-order chi connectivity index (χ0) is 16.6. The molecule has 1 rings (SSSR count). The molecular formula is C18H30N2O2. The van der Waals surface area contributed by atoms with Crippen LogP contribution in [0.1, 0.15) is 46.6 Å². The van der Waals surface area contributed by atoms with Crippen LogP contribution in [0.5, 0.6) is 5.75 Å². The molecule has 0 spiro atoms. The summed E-state index contributed by atoms with van der Waals surface area (Å²) in [5, 5.41) is 5.62. The van der Waals surface area contributed by atoms with E-state index in [0.717, 1.165) is 12.2 Å². The molecule has 1 aromatic carbocycles. The Labute approximate surface area is 134 Å². The number of ether oxygens (including phenoxy) is 1. The van der Waals surface area contributed by atoms with Gasteiger partial charge in [-0.2, -0.15) is 0 Å². The predicted octanol–water partition coefficient (Wildman–Crippen LogP) is 3.71. The molecule has 0 aliphatic heterocycles. The maximum absolute atomic E-state index is 11.5. The van der Waals surface area contributed by atoms with Gasteiger partial charge in [0.15, 0.2) is 0 Å². The van der Waals surface area contributed by atoms with Gasteiger partial charge in [0.1, 0.15) is 12.4 Å². The summed E-state index contributed by atoms with van der Waals surface area (Å²) in [5.41, 5.74) is 1.43. The summed E-state index contributed by atoms with van der Waals surface area (Å²) < 4.78 is 5.62. The highest BCUT2D eigenvalue weighted by Gasteiger charge is 2.12. The molecule has 0 radical (unpaired) electrons. The van der Waals surface area contributed by atoms with E-state index in [-0.39, 0.29) is 11.4 Å². The number of rotatable bonds is 7. The van der Waals surface area contributed by atoms with E-state index in [2.05, 4.69) is 57.4 Å². The highest BCUT2D eigenvalue weighted by Crippen LogP contribution is 2.24. The van der Waals surface area contributed by atoms with E-state index in [0.29, 0.717) is 25.6 Å². The Morgan fingerprint density at radius 1 is 1.09 bits per heavy atom. The topological polar surface area (TPSA) is 50.4 Å². The smallest absolute Gasteiger partial charge is 0.314 e. The van der Waals surface area contributed by atoms with Crippen LogP contribution in [-0.2, 0) is 5.41 Å². The van der Waals surface area contributed by atoms with E-state index in [9.17, 15) is 4.79 Å². The number of carbonyl (C=O) groups excluding carboxylic acids is 1. The maximum atomic E-state index is 11.5. The molecular weight excluding hydrogens is 276 g/mol. The van der Waals surface area contributed by atoms with Crippen LogP contribution in [0.2, 0.25) is 0 Å². The van der Waals surface area contributed by atoms with Crippen LogP contribution in [0.4, 0.5) is 4.79 Å². The molecule has 0 aliphatic carbocycles. The van der Waals surface area contributed by atoms with Crippen molar-refractivity contribution in [3.05, 3.63) is 29.8 Å². The summed E-state index contributed by atoms with van der Waals surface area (Å²) in [6, 6.07) is 7.99. The van der Waals surface area contributed by atoms with Crippen molar-refractivity contribution >= 4 is 6.03 Å². The minimum absolute atomic E-state index is 0.132. The second-order valence-electron chi connectivity index (χ2n) is 6.99. The van der Waals surface area contributed by atoms with Gasteiger partial charge in [-0.15, -0.1) is 0 Å². The minimum Gasteiger partial charge on any atom is -0.492 e. The molecule has 22 heavy (non-hydrogen) atoms. The van der Waals surface area contributed by atoms with Gasteiger partial charge < -0.3 is 15.4 Å². The zero-order valence-corrected chi connectivity index (χ0v) is 14.5. The third-order valence-corrected chi connectivity index (χ3v) is 3.38. The maximum Gasteiger partial charge on any atom is 0.314 e. The molecule has 0 saturated heterocycles. The summed E-state index contributed by atoms with van der Waals surface area (Å²) in [5.74, 6) is 1.43. The van der Waals surface area contributed by atoms with E-state index in [1.165, 1.54) is 5.56 Å². The standard InChI is InChI=1S/C18H30N2O2/c1-14(2)10-11-19-17(21)20-12-13-22-16-8-6-15(7-9-16)18(3,4)5/h6-9,14H,10-13H2,1-5H3,(H2,19,20,21). The molecule has 0 aromatic heterocycles. The van der Waals surface area contributed by atoms with Gasteiger partial charge >= 0.3 is 6.03 Å². The van der Waals surface area contributed by atoms with Gasteiger partial charge in [-0.3, -0.25) is 0 Å². The Kier molecular flexibility index (Phi) is 7.22. The minimum atomic E-state index is -0.132. The normalized spacial score (nSPS) is 11.4. The molecule has 0 atom stereocenters. The Hall–Kier alpha value is -1.71. The first-order valence-electron chi connectivity index (χ1n) is 8.04. The summed E-state index contributed by atoms with van der Waals surface area (Å²) in [6.07, 6.45) is 0.990. The summed E-state index contributed by atoms with van der Waals surface area (Å²) >= 11 is 0. The van der Waals surface area contributed by atoms with Crippen molar-refractivity contribution in [3.63, 3.8) is 0 Å². The van der Waals surface area contributed by atoms with Gasteiger partial charge in [0.2, 0.25) is 0 Å². The van der Waals surface area contributed by atoms with E-state index in [4.69, 9.17) is 4.74 Å². The first kappa shape index (κ1) is 18.3.